The molecule has 7 N–H and O–H groups in total. The monoisotopic (exact) mass is 597 g/mol. The van der Waals surface area contributed by atoms with Gasteiger partial charge in [-0.15, -0.1) is 0 Å². The van der Waals surface area contributed by atoms with Crippen LogP contribution < -0.4 is 31.7 Å². The summed E-state index contributed by atoms with van der Waals surface area (Å²) in [6.07, 6.45) is 0.475. The topological polar surface area (TPSA) is 206 Å². The van der Waals surface area contributed by atoms with E-state index in [2.05, 4.69) is 21.3 Å². The average molecular weight is 598 g/mol. The lowest BCUT2D eigenvalue weighted by atomic mass is 10.0. The van der Waals surface area contributed by atoms with Gasteiger partial charge < -0.3 is 36.8 Å². The number of carbonyl (C=O) groups is 6. The van der Waals surface area contributed by atoms with Crippen molar-refractivity contribution in [3.8, 4) is 5.75 Å². The van der Waals surface area contributed by atoms with Crippen LogP contribution in [0.5, 0.6) is 5.75 Å². The molecule has 4 amide bonds. The van der Waals surface area contributed by atoms with Crippen molar-refractivity contribution in [3.05, 3.63) is 65.7 Å². The third kappa shape index (κ3) is 13.2. The standard InChI is InChI=1S/C30H39N5O8/c1-18(2)13-25(30(41)42)35-29(40)24(15-20-7-5-4-6-8-20)34-27(38)17-32-26(37)16-33-28(39)23(31)14-21-9-11-22(12-10-21)43-19(3)36/h4-12,18,23-25H,13-17,31H2,1-3H3,(H,32,37)(H,33,39)(H,34,38)(H,35,40)(H,41,42)/t23-,24-,25+/m0/s1. The lowest BCUT2D eigenvalue weighted by molar-refractivity contribution is -0.142. The van der Waals surface area contributed by atoms with Gasteiger partial charge in [-0.05, 0) is 42.0 Å². The van der Waals surface area contributed by atoms with Gasteiger partial charge in [0, 0.05) is 13.3 Å². The maximum absolute atomic E-state index is 13.0. The molecular formula is C30H39N5O8. The van der Waals surface area contributed by atoms with Crippen LogP contribution in [-0.4, -0.2) is 71.9 Å². The first-order valence-electron chi connectivity index (χ1n) is 13.8. The van der Waals surface area contributed by atoms with Crippen LogP contribution in [0.25, 0.3) is 0 Å². The summed E-state index contributed by atoms with van der Waals surface area (Å²) in [6, 6.07) is 12.2. The SMILES string of the molecule is CC(=O)Oc1ccc(C[C@H](N)C(=O)NCC(=O)NCC(=O)N[C@@H](Cc2ccccc2)C(=O)N[C@H](CC(C)C)C(=O)O)cc1. The number of hydrogen-bond acceptors (Lipinski definition) is 8. The molecule has 3 atom stereocenters. The Morgan fingerprint density at radius 3 is 1.95 bits per heavy atom. The maximum Gasteiger partial charge on any atom is 0.326 e. The first-order chi connectivity index (χ1) is 20.3. The van der Waals surface area contributed by atoms with E-state index in [1.165, 1.54) is 6.92 Å². The van der Waals surface area contributed by atoms with Gasteiger partial charge in [-0.1, -0.05) is 56.3 Å². The molecule has 2 aromatic rings. The van der Waals surface area contributed by atoms with Crippen molar-refractivity contribution >= 4 is 35.6 Å². The number of rotatable bonds is 16. The van der Waals surface area contributed by atoms with E-state index in [9.17, 15) is 33.9 Å². The van der Waals surface area contributed by atoms with Gasteiger partial charge >= 0.3 is 11.9 Å². The number of aliphatic carboxylic acids is 1. The molecule has 0 saturated heterocycles. The second-order valence-electron chi connectivity index (χ2n) is 10.4. The Labute approximate surface area is 249 Å². The molecular weight excluding hydrogens is 558 g/mol. The van der Waals surface area contributed by atoms with E-state index in [-0.39, 0.29) is 25.2 Å². The molecule has 2 rings (SSSR count). The van der Waals surface area contributed by atoms with E-state index in [0.29, 0.717) is 11.3 Å². The van der Waals surface area contributed by atoms with Crippen molar-refractivity contribution in [2.75, 3.05) is 13.1 Å². The fourth-order valence-corrected chi connectivity index (χ4v) is 4.02. The Hall–Kier alpha value is -4.78. The second kappa shape index (κ2) is 17.2. The van der Waals surface area contributed by atoms with Crippen molar-refractivity contribution in [2.24, 2.45) is 11.7 Å². The van der Waals surface area contributed by atoms with Crippen LogP contribution in [-0.2, 0) is 41.6 Å². The Balaban J connectivity index is 1.87. The van der Waals surface area contributed by atoms with Crippen molar-refractivity contribution in [2.45, 2.75) is 58.2 Å². The summed E-state index contributed by atoms with van der Waals surface area (Å²) in [7, 11) is 0. The quantitative estimate of drug-likeness (QED) is 0.114. The van der Waals surface area contributed by atoms with Crippen molar-refractivity contribution in [3.63, 3.8) is 0 Å². The van der Waals surface area contributed by atoms with Gasteiger partial charge in [0.25, 0.3) is 0 Å². The molecule has 0 bridgehead atoms. The summed E-state index contributed by atoms with van der Waals surface area (Å²) in [5.74, 6) is -3.86. The highest BCUT2D eigenvalue weighted by atomic mass is 16.5. The molecule has 0 aliphatic heterocycles. The molecule has 43 heavy (non-hydrogen) atoms. The molecule has 2 aromatic carbocycles. The summed E-state index contributed by atoms with van der Waals surface area (Å²) in [6.45, 7) is 4.02. The minimum Gasteiger partial charge on any atom is -0.480 e. The highest BCUT2D eigenvalue weighted by Gasteiger charge is 2.27. The lowest BCUT2D eigenvalue weighted by Gasteiger charge is -2.22. The zero-order valence-electron chi connectivity index (χ0n) is 24.4. The normalized spacial score (nSPS) is 12.8. The van der Waals surface area contributed by atoms with Gasteiger partial charge in [0.1, 0.15) is 17.8 Å². The van der Waals surface area contributed by atoms with Gasteiger partial charge in [-0.25, -0.2) is 4.79 Å². The number of esters is 1. The summed E-state index contributed by atoms with van der Waals surface area (Å²) < 4.78 is 4.96. The van der Waals surface area contributed by atoms with Crippen LogP contribution in [0.4, 0.5) is 0 Å². The molecule has 0 aliphatic carbocycles. The van der Waals surface area contributed by atoms with E-state index < -0.39 is 66.8 Å². The van der Waals surface area contributed by atoms with E-state index >= 15 is 0 Å². The first kappa shape index (κ1) is 34.4. The van der Waals surface area contributed by atoms with Gasteiger partial charge in [0.2, 0.25) is 23.6 Å². The van der Waals surface area contributed by atoms with Gasteiger partial charge in [0.15, 0.2) is 0 Å². The minimum atomic E-state index is -1.18. The molecule has 0 spiro atoms. The fraction of sp³-hybridized carbons (Fsp3) is 0.400. The Morgan fingerprint density at radius 2 is 1.37 bits per heavy atom. The molecule has 0 fully saturated rings. The summed E-state index contributed by atoms with van der Waals surface area (Å²) in [5, 5.41) is 19.3. The van der Waals surface area contributed by atoms with Crippen LogP contribution in [0.2, 0.25) is 0 Å². The number of amides is 4. The fourth-order valence-electron chi connectivity index (χ4n) is 4.02. The Kier molecular flexibility index (Phi) is 13.8. The minimum absolute atomic E-state index is 0.00840. The Bertz CT molecular complexity index is 1270. The van der Waals surface area contributed by atoms with Gasteiger partial charge in [-0.2, -0.15) is 0 Å². The lowest BCUT2D eigenvalue weighted by Crippen LogP contribution is -2.54. The summed E-state index contributed by atoms with van der Waals surface area (Å²) >= 11 is 0. The number of benzene rings is 2. The van der Waals surface area contributed by atoms with Crippen molar-refractivity contribution < 1.29 is 38.6 Å². The van der Waals surface area contributed by atoms with Crippen molar-refractivity contribution in [1.29, 1.82) is 0 Å². The van der Waals surface area contributed by atoms with Gasteiger partial charge in [-0.3, -0.25) is 24.0 Å². The van der Waals surface area contributed by atoms with E-state index in [0.717, 1.165) is 5.56 Å². The summed E-state index contributed by atoms with van der Waals surface area (Å²) in [5.41, 5.74) is 7.39. The maximum atomic E-state index is 13.0. The number of nitrogens with one attached hydrogen (secondary N) is 4. The van der Waals surface area contributed by atoms with E-state index in [1.807, 2.05) is 13.8 Å². The molecule has 13 nitrogen and oxygen atoms in total. The van der Waals surface area contributed by atoms with Crippen LogP contribution in [0.1, 0.15) is 38.3 Å². The zero-order valence-corrected chi connectivity index (χ0v) is 24.4. The van der Waals surface area contributed by atoms with Gasteiger partial charge in [0.05, 0.1) is 19.1 Å². The van der Waals surface area contributed by atoms with Crippen LogP contribution >= 0.6 is 0 Å². The number of nitrogens with two attached hydrogens (primary N) is 1. The number of carbonyl (C=O) groups excluding carboxylic acids is 5. The first-order valence-corrected chi connectivity index (χ1v) is 13.8. The number of hydrogen-bond donors (Lipinski definition) is 6. The van der Waals surface area contributed by atoms with Crippen LogP contribution in [0, 0.1) is 5.92 Å². The number of carboxylic acid groups (broad SMARTS) is 1. The third-order valence-corrected chi connectivity index (χ3v) is 6.10. The zero-order chi connectivity index (χ0) is 31.9. The van der Waals surface area contributed by atoms with Crippen molar-refractivity contribution in [1.82, 2.24) is 21.3 Å². The predicted octanol–water partition coefficient (Wildman–Crippen LogP) is 0.0571. The molecule has 232 valence electrons. The molecule has 13 heteroatoms. The van der Waals surface area contributed by atoms with Crippen LogP contribution in [0.15, 0.2) is 54.6 Å². The molecule has 0 radical (unpaired) electrons. The average Bonchev–Trinajstić information content (AvgIpc) is 2.95. The van der Waals surface area contributed by atoms with E-state index in [1.54, 1.807) is 54.6 Å². The van der Waals surface area contributed by atoms with Crippen LogP contribution in [0.3, 0.4) is 0 Å². The summed E-state index contributed by atoms with van der Waals surface area (Å²) in [4.78, 5) is 72.9. The highest BCUT2D eigenvalue weighted by molar-refractivity contribution is 5.93. The molecule has 0 saturated carbocycles. The molecule has 0 heterocycles. The molecule has 0 unspecified atom stereocenters. The third-order valence-electron chi connectivity index (χ3n) is 6.10. The van der Waals surface area contributed by atoms with E-state index in [4.69, 9.17) is 10.5 Å². The Morgan fingerprint density at radius 1 is 0.767 bits per heavy atom. The number of carboxylic acids is 1. The largest absolute Gasteiger partial charge is 0.480 e. The molecule has 0 aromatic heterocycles. The highest BCUT2D eigenvalue weighted by Crippen LogP contribution is 2.13. The number of ether oxygens (including phenoxy) is 1. The smallest absolute Gasteiger partial charge is 0.326 e. The molecule has 0 aliphatic rings. The second-order valence-corrected chi connectivity index (χ2v) is 10.4. The predicted molar refractivity (Wildman–Crippen MR) is 157 cm³/mol.